The zero-order valence-electron chi connectivity index (χ0n) is 15.3. The van der Waals surface area contributed by atoms with Crippen molar-refractivity contribution in [1.29, 1.82) is 0 Å². The Morgan fingerprint density at radius 3 is 1.35 bits per heavy atom. The monoisotopic (exact) mass is 372 g/mol. The lowest BCUT2D eigenvalue weighted by atomic mass is 10.2. The van der Waals surface area contributed by atoms with E-state index in [9.17, 15) is 9.13 Å². The van der Waals surface area contributed by atoms with Gasteiger partial charge in [-0.2, -0.15) is 0 Å². The van der Waals surface area contributed by atoms with E-state index in [1.807, 2.05) is 0 Å². The minimum absolute atomic E-state index is 0.223. The molecule has 0 aromatic carbocycles. The summed E-state index contributed by atoms with van der Waals surface area (Å²) in [6.07, 6.45) is 4.37. The Kier molecular flexibility index (Phi) is 12.8. The quantitative estimate of drug-likeness (QED) is 0.267. The van der Waals surface area contributed by atoms with Crippen LogP contribution in [0.25, 0.3) is 0 Å². The first kappa shape index (κ1) is 23.3. The third kappa shape index (κ3) is 7.81. The third-order valence-corrected chi connectivity index (χ3v) is 9.43. The van der Waals surface area contributed by atoms with Gasteiger partial charge in [-0.15, -0.1) is 0 Å². The molecule has 0 heterocycles. The Morgan fingerprint density at radius 2 is 1.04 bits per heavy atom. The van der Waals surface area contributed by atoms with E-state index in [0.717, 1.165) is 25.7 Å². The van der Waals surface area contributed by atoms with E-state index < -0.39 is 20.6 Å². The molecule has 0 spiro atoms. The summed E-state index contributed by atoms with van der Waals surface area (Å²) in [5.41, 5.74) is 0. The van der Waals surface area contributed by atoms with E-state index in [2.05, 4.69) is 6.92 Å². The lowest BCUT2D eigenvalue weighted by Gasteiger charge is -2.31. The summed E-state index contributed by atoms with van der Waals surface area (Å²) in [5.74, 6) is 0. The molecule has 0 bridgehead atoms. The molecule has 0 amide bonds. The van der Waals surface area contributed by atoms with Gasteiger partial charge in [0, 0.05) is 0 Å². The summed E-state index contributed by atoms with van der Waals surface area (Å²) in [4.78, 5) is 0. The van der Waals surface area contributed by atoms with Crippen molar-refractivity contribution >= 4 is 15.2 Å². The highest BCUT2D eigenvalue weighted by Crippen LogP contribution is 2.71. The van der Waals surface area contributed by atoms with Crippen LogP contribution in [0.3, 0.4) is 0 Å². The molecule has 0 saturated heterocycles. The first-order valence-corrected chi connectivity index (χ1v) is 11.9. The molecule has 8 heteroatoms. The highest BCUT2D eigenvalue weighted by Gasteiger charge is 2.50. The maximum Gasteiger partial charge on any atom is 0.345 e. The van der Waals surface area contributed by atoms with Crippen molar-refractivity contribution in [2.75, 3.05) is 26.4 Å². The van der Waals surface area contributed by atoms with Gasteiger partial charge in [0.25, 0.3) is 0 Å². The molecule has 0 aromatic heterocycles. The zero-order valence-corrected chi connectivity index (χ0v) is 17.1. The highest BCUT2D eigenvalue weighted by atomic mass is 31.2. The summed E-state index contributed by atoms with van der Waals surface area (Å²) in [6.45, 7) is 9.98. The average molecular weight is 372 g/mol. The fraction of sp³-hybridized carbons (Fsp3) is 1.00. The van der Waals surface area contributed by atoms with E-state index in [4.69, 9.17) is 18.1 Å². The molecule has 0 N–H and O–H groups in total. The first-order chi connectivity index (χ1) is 10.9. The smallest absolute Gasteiger partial charge is 0.308 e. The van der Waals surface area contributed by atoms with E-state index in [1.165, 1.54) is 0 Å². The largest absolute Gasteiger partial charge is 0.345 e. The number of hydrogen-bond acceptors (Lipinski definition) is 6. The molecule has 0 unspecified atom stereocenters. The normalized spacial score (nSPS) is 13.0. The van der Waals surface area contributed by atoms with E-state index >= 15 is 0 Å². The Labute approximate surface area is 141 Å². The standard InChI is InChI=1S/C15H34O6P2/c1-6-11-12-13-14-15(22(16,18-7-2)19-8-3)23(17,20-9-4)21-10-5/h15H,6-14H2,1-5H3. The lowest BCUT2D eigenvalue weighted by molar-refractivity contribution is 0.193. The van der Waals surface area contributed by atoms with Crippen LogP contribution in [-0.2, 0) is 27.2 Å². The van der Waals surface area contributed by atoms with Gasteiger partial charge < -0.3 is 18.1 Å². The van der Waals surface area contributed by atoms with Gasteiger partial charge in [0.2, 0.25) is 0 Å². The second kappa shape index (κ2) is 12.6. The van der Waals surface area contributed by atoms with Crippen LogP contribution in [0.2, 0.25) is 0 Å². The fourth-order valence-electron chi connectivity index (χ4n) is 2.38. The number of rotatable bonds is 15. The SMILES string of the molecule is CCCCCCC(P(=O)(OCC)OCC)P(=O)(OCC)OCC. The lowest BCUT2D eigenvalue weighted by Crippen LogP contribution is -2.18. The van der Waals surface area contributed by atoms with Crippen molar-refractivity contribution in [2.45, 2.75) is 72.1 Å². The van der Waals surface area contributed by atoms with Gasteiger partial charge in [-0.05, 0) is 34.1 Å². The Balaban J connectivity index is 5.47. The summed E-state index contributed by atoms with van der Waals surface area (Å²) >= 11 is 0. The minimum atomic E-state index is -3.57. The number of hydrogen-bond donors (Lipinski definition) is 0. The predicted molar refractivity (Wildman–Crippen MR) is 94.3 cm³/mol. The second-order valence-corrected chi connectivity index (χ2v) is 9.93. The molecule has 23 heavy (non-hydrogen) atoms. The fourth-order valence-corrected chi connectivity index (χ4v) is 7.84. The van der Waals surface area contributed by atoms with E-state index in [0.29, 0.717) is 6.42 Å². The van der Waals surface area contributed by atoms with Crippen molar-refractivity contribution in [2.24, 2.45) is 0 Å². The van der Waals surface area contributed by atoms with E-state index in [-0.39, 0.29) is 26.4 Å². The molecule has 0 aliphatic carbocycles. The van der Waals surface area contributed by atoms with Crippen molar-refractivity contribution in [3.8, 4) is 0 Å². The molecule has 0 aliphatic rings. The average Bonchev–Trinajstić information content (AvgIpc) is 2.47. The summed E-state index contributed by atoms with van der Waals surface area (Å²) in [6, 6.07) is 0. The van der Waals surface area contributed by atoms with Crippen molar-refractivity contribution in [3.63, 3.8) is 0 Å². The van der Waals surface area contributed by atoms with E-state index in [1.54, 1.807) is 27.7 Å². The van der Waals surface area contributed by atoms with Gasteiger partial charge in [-0.1, -0.05) is 32.6 Å². The van der Waals surface area contributed by atoms with Crippen molar-refractivity contribution < 1.29 is 27.2 Å². The Hall–Kier alpha value is 0.300. The molecule has 0 fully saturated rings. The van der Waals surface area contributed by atoms with Gasteiger partial charge in [0.1, 0.15) is 0 Å². The molecule has 0 rings (SSSR count). The van der Waals surface area contributed by atoms with Gasteiger partial charge in [-0.3, -0.25) is 9.13 Å². The van der Waals surface area contributed by atoms with Crippen LogP contribution in [0.1, 0.15) is 66.7 Å². The first-order valence-electron chi connectivity index (χ1n) is 8.71. The molecule has 0 radical (unpaired) electrons. The van der Waals surface area contributed by atoms with Crippen LogP contribution in [0, 0.1) is 0 Å². The van der Waals surface area contributed by atoms with Crippen LogP contribution in [-0.4, -0.2) is 31.8 Å². The maximum absolute atomic E-state index is 13.2. The van der Waals surface area contributed by atoms with Crippen LogP contribution in [0.4, 0.5) is 0 Å². The van der Waals surface area contributed by atoms with Gasteiger partial charge in [0.05, 0.1) is 26.4 Å². The Bertz CT molecular complexity index is 338. The number of unbranched alkanes of at least 4 members (excludes halogenated alkanes) is 3. The van der Waals surface area contributed by atoms with Gasteiger partial charge in [0.15, 0.2) is 5.40 Å². The van der Waals surface area contributed by atoms with Crippen LogP contribution < -0.4 is 0 Å². The third-order valence-electron chi connectivity index (χ3n) is 3.28. The summed E-state index contributed by atoms with van der Waals surface area (Å²) in [7, 11) is -7.14. The molecule has 140 valence electrons. The maximum atomic E-state index is 13.2. The summed E-state index contributed by atoms with van der Waals surface area (Å²) in [5, 5.41) is -0.869. The van der Waals surface area contributed by atoms with Crippen molar-refractivity contribution in [3.05, 3.63) is 0 Å². The molecule has 6 nitrogen and oxygen atoms in total. The van der Waals surface area contributed by atoms with Crippen LogP contribution in [0.15, 0.2) is 0 Å². The predicted octanol–water partition coefficient (Wildman–Crippen LogP) is 5.82. The van der Waals surface area contributed by atoms with Crippen molar-refractivity contribution in [1.82, 2.24) is 0 Å². The summed E-state index contributed by atoms with van der Waals surface area (Å²) < 4.78 is 48.1. The van der Waals surface area contributed by atoms with Crippen LogP contribution >= 0.6 is 15.2 Å². The molecular weight excluding hydrogens is 338 g/mol. The Morgan fingerprint density at radius 1 is 0.652 bits per heavy atom. The molecule has 0 saturated carbocycles. The molecular formula is C15H34O6P2. The van der Waals surface area contributed by atoms with Gasteiger partial charge in [-0.25, -0.2) is 0 Å². The molecule has 0 atom stereocenters. The topological polar surface area (TPSA) is 71.1 Å². The van der Waals surface area contributed by atoms with Gasteiger partial charge >= 0.3 is 15.2 Å². The second-order valence-electron chi connectivity index (χ2n) is 5.08. The zero-order chi connectivity index (χ0) is 17.8. The van der Waals surface area contributed by atoms with Crippen LogP contribution in [0.5, 0.6) is 0 Å². The minimum Gasteiger partial charge on any atom is -0.308 e. The molecule has 0 aliphatic heterocycles. The highest BCUT2D eigenvalue weighted by molar-refractivity contribution is 7.72. The molecule has 0 aromatic rings.